The van der Waals surface area contributed by atoms with Gasteiger partial charge in [-0.05, 0) is 30.2 Å². The maximum atomic E-state index is 12.0. The topological polar surface area (TPSA) is 42.4 Å². The van der Waals surface area contributed by atoms with Crippen molar-refractivity contribution in [3.8, 4) is 5.75 Å². The summed E-state index contributed by atoms with van der Waals surface area (Å²) in [5.74, 6) is 0.962. The number of pyridine rings is 1. The van der Waals surface area contributed by atoms with Crippen molar-refractivity contribution in [2.24, 2.45) is 0 Å². The maximum absolute atomic E-state index is 12.0. The van der Waals surface area contributed by atoms with Gasteiger partial charge < -0.3 is 9.64 Å². The minimum atomic E-state index is 0.121. The zero-order valence-electron chi connectivity index (χ0n) is 12.2. The number of hydrogen-bond acceptors (Lipinski definition) is 3. The summed E-state index contributed by atoms with van der Waals surface area (Å²) in [6.07, 6.45) is 4.71. The Hall–Kier alpha value is -2.36. The van der Waals surface area contributed by atoms with E-state index >= 15 is 0 Å². The van der Waals surface area contributed by atoms with E-state index in [1.807, 2.05) is 49.5 Å². The Morgan fingerprint density at radius 2 is 2.00 bits per heavy atom. The maximum Gasteiger partial charge on any atom is 0.222 e. The molecule has 21 heavy (non-hydrogen) atoms. The van der Waals surface area contributed by atoms with Gasteiger partial charge in [0.25, 0.3) is 0 Å². The lowest BCUT2D eigenvalue weighted by atomic mass is 10.2. The van der Waals surface area contributed by atoms with Crippen LogP contribution in [0, 0.1) is 0 Å². The molecule has 0 radical (unpaired) electrons. The van der Waals surface area contributed by atoms with Gasteiger partial charge in [0.1, 0.15) is 5.75 Å². The van der Waals surface area contributed by atoms with E-state index in [0.717, 1.165) is 11.3 Å². The van der Waals surface area contributed by atoms with Crippen molar-refractivity contribution in [3.05, 3.63) is 60.4 Å². The van der Waals surface area contributed by atoms with Crippen molar-refractivity contribution in [2.45, 2.75) is 19.4 Å². The number of para-hydroxylation sites is 1. The lowest BCUT2D eigenvalue weighted by molar-refractivity contribution is -0.130. The number of aromatic nitrogens is 1. The standard InChI is InChI=1S/C17H20N2O2/c1-19(14-15-7-5-11-18-13-15)17(20)10-6-12-21-16-8-3-2-4-9-16/h2-5,7-9,11,13H,6,10,12,14H2,1H3. The number of benzene rings is 1. The number of nitrogens with zero attached hydrogens (tertiary/aromatic N) is 2. The molecule has 0 bridgehead atoms. The molecule has 2 rings (SSSR count). The van der Waals surface area contributed by atoms with Crippen LogP contribution in [0.25, 0.3) is 0 Å². The Bertz CT molecular complexity index is 543. The Balaban J connectivity index is 1.67. The van der Waals surface area contributed by atoms with Crippen LogP contribution in [0.2, 0.25) is 0 Å². The Morgan fingerprint density at radius 1 is 1.19 bits per heavy atom. The summed E-state index contributed by atoms with van der Waals surface area (Å²) in [7, 11) is 1.81. The van der Waals surface area contributed by atoms with Crippen LogP contribution in [0.15, 0.2) is 54.9 Å². The van der Waals surface area contributed by atoms with E-state index in [2.05, 4.69) is 4.98 Å². The third-order valence-corrected chi connectivity index (χ3v) is 3.12. The van der Waals surface area contributed by atoms with Crippen molar-refractivity contribution in [2.75, 3.05) is 13.7 Å². The van der Waals surface area contributed by atoms with Crippen molar-refractivity contribution < 1.29 is 9.53 Å². The Labute approximate surface area is 125 Å². The van der Waals surface area contributed by atoms with Crippen molar-refractivity contribution in [1.82, 2.24) is 9.88 Å². The normalized spacial score (nSPS) is 10.1. The van der Waals surface area contributed by atoms with E-state index < -0.39 is 0 Å². The number of carbonyl (C=O) groups is 1. The average Bonchev–Trinajstić information content (AvgIpc) is 2.53. The third kappa shape index (κ3) is 5.26. The van der Waals surface area contributed by atoms with Crippen LogP contribution in [-0.2, 0) is 11.3 Å². The van der Waals surface area contributed by atoms with Gasteiger partial charge in [-0.3, -0.25) is 9.78 Å². The highest BCUT2D eigenvalue weighted by atomic mass is 16.5. The van der Waals surface area contributed by atoms with Crippen LogP contribution >= 0.6 is 0 Å². The molecule has 4 nitrogen and oxygen atoms in total. The molecule has 0 saturated heterocycles. The minimum Gasteiger partial charge on any atom is -0.494 e. The largest absolute Gasteiger partial charge is 0.494 e. The lowest BCUT2D eigenvalue weighted by Crippen LogP contribution is -2.26. The predicted octanol–water partition coefficient (Wildman–Crippen LogP) is 2.90. The molecule has 0 aliphatic carbocycles. The smallest absolute Gasteiger partial charge is 0.222 e. The van der Waals surface area contributed by atoms with Gasteiger partial charge in [-0.25, -0.2) is 0 Å². The van der Waals surface area contributed by atoms with Gasteiger partial charge in [0.05, 0.1) is 6.61 Å². The van der Waals surface area contributed by atoms with Crippen molar-refractivity contribution >= 4 is 5.91 Å². The molecule has 110 valence electrons. The molecule has 4 heteroatoms. The highest BCUT2D eigenvalue weighted by Crippen LogP contribution is 2.09. The van der Waals surface area contributed by atoms with E-state index in [0.29, 0.717) is 26.0 Å². The van der Waals surface area contributed by atoms with Crippen LogP contribution in [-0.4, -0.2) is 29.4 Å². The molecule has 0 aliphatic heterocycles. The molecule has 0 spiro atoms. The fourth-order valence-corrected chi connectivity index (χ4v) is 1.97. The molecule has 1 amide bonds. The monoisotopic (exact) mass is 284 g/mol. The second-order valence-electron chi connectivity index (χ2n) is 4.88. The molecule has 2 aromatic rings. The first-order valence-electron chi connectivity index (χ1n) is 7.06. The van der Waals surface area contributed by atoms with E-state index in [9.17, 15) is 4.79 Å². The van der Waals surface area contributed by atoms with Gasteiger partial charge in [-0.1, -0.05) is 24.3 Å². The second kappa shape index (κ2) is 8.04. The van der Waals surface area contributed by atoms with Crippen LogP contribution in [0.5, 0.6) is 5.75 Å². The summed E-state index contributed by atoms with van der Waals surface area (Å²) in [4.78, 5) is 17.8. The van der Waals surface area contributed by atoms with Crippen molar-refractivity contribution in [1.29, 1.82) is 0 Å². The zero-order chi connectivity index (χ0) is 14.9. The highest BCUT2D eigenvalue weighted by Gasteiger charge is 2.09. The Kier molecular flexibility index (Phi) is 5.76. The first-order valence-corrected chi connectivity index (χ1v) is 7.06. The molecular formula is C17H20N2O2. The highest BCUT2D eigenvalue weighted by molar-refractivity contribution is 5.75. The SMILES string of the molecule is CN(Cc1cccnc1)C(=O)CCCOc1ccccc1. The first-order chi connectivity index (χ1) is 10.3. The fourth-order valence-electron chi connectivity index (χ4n) is 1.97. The second-order valence-corrected chi connectivity index (χ2v) is 4.88. The zero-order valence-corrected chi connectivity index (χ0v) is 12.2. The van der Waals surface area contributed by atoms with E-state index in [1.165, 1.54) is 0 Å². The number of ether oxygens (including phenoxy) is 1. The van der Waals surface area contributed by atoms with E-state index in [4.69, 9.17) is 4.74 Å². The van der Waals surface area contributed by atoms with E-state index in [-0.39, 0.29) is 5.91 Å². The molecule has 0 unspecified atom stereocenters. The number of amides is 1. The van der Waals surface area contributed by atoms with Gasteiger partial charge in [0.15, 0.2) is 0 Å². The summed E-state index contributed by atoms with van der Waals surface area (Å²) < 4.78 is 5.57. The summed E-state index contributed by atoms with van der Waals surface area (Å²) >= 11 is 0. The third-order valence-electron chi connectivity index (χ3n) is 3.12. The number of hydrogen-bond donors (Lipinski definition) is 0. The van der Waals surface area contributed by atoms with Gasteiger partial charge >= 0.3 is 0 Å². The van der Waals surface area contributed by atoms with Gasteiger partial charge in [0.2, 0.25) is 5.91 Å². The summed E-state index contributed by atoms with van der Waals surface area (Å²) in [5.41, 5.74) is 1.04. The molecule has 1 aromatic heterocycles. The lowest BCUT2D eigenvalue weighted by Gasteiger charge is -2.17. The quantitative estimate of drug-likeness (QED) is 0.734. The van der Waals surface area contributed by atoms with Crippen LogP contribution in [0.1, 0.15) is 18.4 Å². The Morgan fingerprint density at radius 3 is 2.71 bits per heavy atom. The molecule has 0 fully saturated rings. The molecule has 1 heterocycles. The molecular weight excluding hydrogens is 264 g/mol. The van der Waals surface area contributed by atoms with Crippen LogP contribution in [0.4, 0.5) is 0 Å². The minimum absolute atomic E-state index is 0.121. The fraction of sp³-hybridized carbons (Fsp3) is 0.294. The van der Waals surface area contributed by atoms with Gasteiger partial charge in [0, 0.05) is 32.4 Å². The van der Waals surface area contributed by atoms with Crippen LogP contribution < -0.4 is 4.74 Å². The molecule has 0 aliphatic rings. The number of rotatable bonds is 7. The molecule has 1 aromatic carbocycles. The number of carbonyl (C=O) groups excluding carboxylic acids is 1. The van der Waals surface area contributed by atoms with Gasteiger partial charge in [-0.2, -0.15) is 0 Å². The summed E-state index contributed by atoms with van der Waals surface area (Å²) in [5, 5.41) is 0. The summed E-state index contributed by atoms with van der Waals surface area (Å²) in [6, 6.07) is 13.5. The van der Waals surface area contributed by atoms with E-state index in [1.54, 1.807) is 17.3 Å². The van der Waals surface area contributed by atoms with Gasteiger partial charge in [-0.15, -0.1) is 0 Å². The average molecular weight is 284 g/mol. The predicted molar refractivity (Wildman–Crippen MR) is 81.9 cm³/mol. The first kappa shape index (κ1) is 15.0. The molecule has 0 N–H and O–H groups in total. The molecule has 0 atom stereocenters. The van der Waals surface area contributed by atoms with Crippen LogP contribution in [0.3, 0.4) is 0 Å². The molecule has 0 saturated carbocycles. The van der Waals surface area contributed by atoms with Crippen molar-refractivity contribution in [3.63, 3.8) is 0 Å². The summed E-state index contributed by atoms with van der Waals surface area (Å²) in [6.45, 7) is 1.14.